The molecule has 4 heteroatoms. The molecule has 1 aromatic heterocycles. The highest BCUT2D eigenvalue weighted by Crippen LogP contribution is 2.30. The minimum Gasteiger partial charge on any atom is -0.371 e. The number of benzene rings is 1. The van der Waals surface area contributed by atoms with Crippen molar-refractivity contribution in [2.45, 2.75) is 58.7 Å². The Labute approximate surface area is 170 Å². The van der Waals surface area contributed by atoms with Crippen LogP contribution in [-0.2, 0) is 19.5 Å². The minimum absolute atomic E-state index is 0.495. The normalized spacial score (nSPS) is 19.7. The number of likely N-dealkylation sites (N-methyl/N-ethyl adjacent to an activating group) is 1. The first-order chi connectivity index (χ1) is 13.6. The van der Waals surface area contributed by atoms with Gasteiger partial charge in [0.25, 0.3) is 0 Å². The molecule has 150 valence electrons. The van der Waals surface area contributed by atoms with E-state index in [-0.39, 0.29) is 0 Å². The second-order valence-electron chi connectivity index (χ2n) is 8.72. The molecule has 1 N–H and O–H groups in total. The lowest BCUT2D eigenvalue weighted by Crippen LogP contribution is -2.44. The van der Waals surface area contributed by atoms with Gasteiger partial charge in [0.2, 0.25) is 0 Å². The maximum Gasteiger partial charge on any atom is 0.0573 e. The number of piperidine rings is 1. The fourth-order valence-corrected chi connectivity index (χ4v) is 4.76. The highest BCUT2D eigenvalue weighted by atomic mass is 15.1. The second-order valence-corrected chi connectivity index (χ2v) is 8.72. The SMILES string of the molecule is Cc1cnc(CN(C)CC2Cc3c(cccc3N3CCCCC3)CN2)c(C)c1. The molecule has 1 aromatic carbocycles. The Morgan fingerprint density at radius 3 is 2.79 bits per heavy atom. The fraction of sp³-hybridized carbons (Fsp3) is 0.542. The van der Waals surface area contributed by atoms with Crippen LogP contribution < -0.4 is 10.2 Å². The largest absolute Gasteiger partial charge is 0.371 e. The molecule has 2 aliphatic rings. The lowest BCUT2D eigenvalue weighted by molar-refractivity contribution is 0.271. The summed E-state index contributed by atoms with van der Waals surface area (Å²) in [6, 6.07) is 9.61. The van der Waals surface area contributed by atoms with Crippen LogP contribution in [0.1, 0.15) is 47.2 Å². The van der Waals surface area contributed by atoms with Crippen molar-refractivity contribution >= 4 is 5.69 Å². The molecule has 0 aliphatic carbocycles. The lowest BCUT2D eigenvalue weighted by Gasteiger charge is -2.35. The fourth-order valence-electron chi connectivity index (χ4n) is 4.76. The summed E-state index contributed by atoms with van der Waals surface area (Å²) in [5.41, 5.74) is 8.27. The van der Waals surface area contributed by atoms with E-state index in [1.165, 1.54) is 60.4 Å². The Bertz CT molecular complexity index is 810. The molecule has 2 aromatic rings. The topological polar surface area (TPSA) is 31.4 Å². The van der Waals surface area contributed by atoms with Crippen LogP contribution in [0.4, 0.5) is 5.69 Å². The Morgan fingerprint density at radius 1 is 1.18 bits per heavy atom. The van der Waals surface area contributed by atoms with Crippen LogP contribution in [0.2, 0.25) is 0 Å². The van der Waals surface area contributed by atoms with Crippen LogP contribution in [-0.4, -0.2) is 42.6 Å². The predicted molar refractivity (Wildman–Crippen MR) is 117 cm³/mol. The van der Waals surface area contributed by atoms with Crippen molar-refractivity contribution in [1.82, 2.24) is 15.2 Å². The zero-order valence-corrected chi connectivity index (χ0v) is 17.7. The molecule has 3 heterocycles. The summed E-state index contributed by atoms with van der Waals surface area (Å²) in [7, 11) is 2.22. The van der Waals surface area contributed by atoms with Crippen molar-refractivity contribution in [2.75, 3.05) is 31.6 Å². The van der Waals surface area contributed by atoms with Gasteiger partial charge in [0, 0.05) is 50.6 Å². The molecule has 1 fully saturated rings. The van der Waals surface area contributed by atoms with Gasteiger partial charge >= 0.3 is 0 Å². The van der Waals surface area contributed by atoms with Crippen LogP contribution in [0.25, 0.3) is 0 Å². The van der Waals surface area contributed by atoms with Gasteiger partial charge in [-0.15, -0.1) is 0 Å². The maximum absolute atomic E-state index is 4.65. The summed E-state index contributed by atoms with van der Waals surface area (Å²) in [6.07, 6.45) is 7.14. The van der Waals surface area contributed by atoms with E-state index in [9.17, 15) is 0 Å². The van der Waals surface area contributed by atoms with E-state index >= 15 is 0 Å². The van der Waals surface area contributed by atoms with Crippen LogP contribution in [0, 0.1) is 13.8 Å². The molecule has 0 amide bonds. The van der Waals surface area contributed by atoms with Gasteiger partial charge in [-0.2, -0.15) is 0 Å². The van der Waals surface area contributed by atoms with Crippen LogP contribution in [0.5, 0.6) is 0 Å². The summed E-state index contributed by atoms with van der Waals surface area (Å²) < 4.78 is 0. The van der Waals surface area contributed by atoms with Crippen molar-refractivity contribution in [2.24, 2.45) is 0 Å². The van der Waals surface area contributed by atoms with Gasteiger partial charge in [-0.3, -0.25) is 9.88 Å². The van der Waals surface area contributed by atoms with E-state index in [0.717, 1.165) is 26.1 Å². The third-order valence-corrected chi connectivity index (χ3v) is 6.25. The highest BCUT2D eigenvalue weighted by molar-refractivity contribution is 5.58. The Hall–Kier alpha value is -1.91. The average Bonchev–Trinajstić information content (AvgIpc) is 2.70. The molecule has 1 saturated heterocycles. The van der Waals surface area contributed by atoms with E-state index in [4.69, 9.17) is 0 Å². The Kier molecular flexibility index (Phi) is 5.98. The van der Waals surface area contributed by atoms with E-state index < -0.39 is 0 Å². The smallest absolute Gasteiger partial charge is 0.0573 e. The van der Waals surface area contributed by atoms with Gasteiger partial charge < -0.3 is 10.2 Å². The van der Waals surface area contributed by atoms with Gasteiger partial charge in [-0.1, -0.05) is 18.2 Å². The first-order valence-corrected chi connectivity index (χ1v) is 10.8. The number of rotatable bonds is 5. The number of aromatic nitrogens is 1. The monoisotopic (exact) mass is 378 g/mol. The first-order valence-electron chi connectivity index (χ1n) is 10.8. The number of aryl methyl sites for hydroxylation is 2. The predicted octanol–water partition coefficient (Wildman–Crippen LogP) is 3.84. The van der Waals surface area contributed by atoms with Crippen LogP contribution in [0.15, 0.2) is 30.5 Å². The number of nitrogens with zero attached hydrogens (tertiary/aromatic N) is 3. The van der Waals surface area contributed by atoms with Gasteiger partial charge in [0.05, 0.1) is 5.69 Å². The highest BCUT2D eigenvalue weighted by Gasteiger charge is 2.24. The van der Waals surface area contributed by atoms with Gasteiger partial charge in [-0.05, 0) is 74.9 Å². The van der Waals surface area contributed by atoms with Crippen molar-refractivity contribution in [1.29, 1.82) is 0 Å². The molecule has 4 rings (SSSR count). The molecule has 0 bridgehead atoms. The zero-order chi connectivity index (χ0) is 19.5. The quantitative estimate of drug-likeness (QED) is 0.857. The van der Waals surface area contributed by atoms with Crippen molar-refractivity contribution < 1.29 is 0 Å². The van der Waals surface area contributed by atoms with Crippen molar-refractivity contribution in [3.05, 3.63) is 58.4 Å². The third kappa shape index (κ3) is 4.39. The number of pyridine rings is 1. The van der Waals surface area contributed by atoms with Gasteiger partial charge in [0.1, 0.15) is 0 Å². The summed E-state index contributed by atoms with van der Waals surface area (Å²) in [4.78, 5) is 9.69. The molecule has 0 radical (unpaired) electrons. The average molecular weight is 379 g/mol. The Balaban J connectivity index is 1.43. The lowest BCUT2D eigenvalue weighted by atomic mass is 9.92. The van der Waals surface area contributed by atoms with Crippen LogP contribution in [0.3, 0.4) is 0 Å². The minimum atomic E-state index is 0.495. The summed E-state index contributed by atoms with van der Waals surface area (Å²) >= 11 is 0. The van der Waals surface area contributed by atoms with E-state index in [1.807, 2.05) is 6.20 Å². The first kappa shape index (κ1) is 19.4. The molecule has 4 nitrogen and oxygen atoms in total. The molecule has 28 heavy (non-hydrogen) atoms. The second kappa shape index (κ2) is 8.62. The number of fused-ring (bicyclic) bond motifs is 1. The van der Waals surface area contributed by atoms with Gasteiger partial charge in [0.15, 0.2) is 0 Å². The Morgan fingerprint density at radius 2 is 2.00 bits per heavy atom. The molecule has 1 unspecified atom stereocenters. The van der Waals surface area contributed by atoms with Gasteiger partial charge in [-0.25, -0.2) is 0 Å². The number of hydrogen-bond donors (Lipinski definition) is 1. The summed E-state index contributed by atoms with van der Waals surface area (Å²) in [5.74, 6) is 0. The van der Waals surface area contributed by atoms with E-state index in [1.54, 1.807) is 5.56 Å². The number of anilines is 1. The van der Waals surface area contributed by atoms with Crippen molar-refractivity contribution in [3.8, 4) is 0 Å². The molecular formula is C24H34N4. The third-order valence-electron chi connectivity index (χ3n) is 6.25. The molecule has 0 saturated carbocycles. The van der Waals surface area contributed by atoms with Crippen molar-refractivity contribution in [3.63, 3.8) is 0 Å². The maximum atomic E-state index is 4.65. The van der Waals surface area contributed by atoms with Crippen LogP contribution >= 0.6 is 0 Å². The standard InChI is InChI=1S/C24H34N4/c1-18-12-19(2)23(26-14-18)17-27(3)16-21-13-22-20(15-25-21)8-7-9-24(22)28-10-5-4-6-11-28/h7-9,12,14,21,25H,4-6,10-11,13,15-17H2,1-3H3. The molecular weight excluding hydrogens is 344 g/mol. The summed E-state index contributed by atoms with van der Waals surface area (Å²) in [5, 5.41) is 3.77. The molecule has 0 spiro atoms. The molecule has 1 atom stereocenters. The van der Waals surface area contributed by atoms with E-state index in [0.29, 0.717) is 6.04 Å². The molecule has 2 aliphatic heterocycles. The summed E-state index contributed by atoms with van der Waals surface area (Å²) in [6.45, 7) is 9.64. The number of hydrogen-bond acceptors (Lipinski definition) is 4. The number of nitrogens with one attached hydrogen (secondary N) is 1. The van der Waals surface area contributed by atoms with E-state index in [2.05, 4.69) is 65.3 Å². The zero-order valence-electron chi connectivity index (χ0n) is 17.7.